The van der Waals surface area contributed by atoms with E-state index >= 15 is 0 Å². The molecule has 1 aromatic heterocycles. The van der Waals surface area contributed by atoms with Crippen LogP contribution >= 0.6 is 23.2 Å². The quantitative estimate of drug-likeness (QED) is 0.621. The van der Waals surface area contributed by atoms with Gasteiger partial charge in [-0.1, -0.05) is 41.9 Å². The summed E-state index contributed by atoms with van der Waals surface area (Å²) in [6.45, 7) is 1.43. The number of carbonyl (C=O) groups is 1. The first-order chi connectivity index (χ1) is 11.1. The predicted molar refractivity (Wildman–Crippen MR) is 87.6 cm³/mol. The van der Waals surface area contributed by atoms with Crippen molar-refractivity contribution in [3.8, 4) is 0 Å². The third-order valence-corrected chi connectivity index (χ3v) is 4.12. The van der Waals surface area contributed by atoms with Crippen molar-refractivity contribution in [2.75, 3.05) is 13.1 Å². The van der Waals surface area contributed by atoms with E-state index in [9.17, 15) is 4.79 Å². The van der Waals surface area contributed by atoms with Crippen molar-refractivity contribution in [1.29, 1.82) is 0 Å². The Morgan fingerprint density at radius 1 is 1.26 bits per heavy atom. The molecule has 2 aromatic rings. The fourth-order valence-electron chi connectivity index (χ4n) is 2.59. The fraction of sp³-hybridized carbons (Fsp3) is 0.312. The molecule has 0 N–H and O–H groups in total. The normalized spacial score (nSPS) is 17.3. The number of likely N-dealkylation sites (tertiary alicyclic amines) is 1. The van der Waals surface area contributed by atoms with Gasteiger partial charge in [-0.05, 0) is 29.7 Å². The smallest absolute Gasteiger partial charge is 0.410 e. The maximum atomic E-state index is 12.1. The zero-order valence-electron chi connectivity index (χ0n) is 12.3. The molecule has 3 rings (SSSR count). The summed E-state index contributed by atoms with van der Waals surface area (Å²) in [6.07, 6.45) is 0.479. The van der Waals surface area contributed by atoms with Crippen LogP contribution in [-0.4, -0.2) is 34.1 Å². The molecule has 120 valence electrons. The molecule has 1 atom stereocenters. The highest BCUT2D eigenvalue weighted by molar-refractivity contribution is 6.31. The molecule has 5 nitrogen and oxygen atoms in total. The second kappa shape index (κ2) is 7.15. The molecule has 2 heterocycles. The number of hydrogen-bond acceptors (Lipinski definition) is 4. The maximum absolute atomic E-state index is 12.1. The minimum Gasteiger partial charge on any atom is -0.445 e. The minimum absolute atomic E-state index is 0.0947. The van der Waals surface area contributed by atoms with Crippen molar-refractivity contribution in [2.24, 2.45) is 0 Å². The molecular weight excluding hydrogens is 337 g/mol. The molecule has 1 fully saturated rings. The van der Waals surface area contributed by atoms with E-state index in [-0.39, 0.29) is 23.9 Å². The highest BCUT2D eigenvalue weighted by Gasteiger charge is 2.29. The second-order valence-electron chi connectivity index (χ2n) is 5.36. The van der Waals surface area contributed by atoms with Crippen LogP contribution in [0.2, 0.25) is 10.4 Å². The Labute approximate surface area is 144 Å². The second-order valence-corrected chi connectivity index (χ2v) is 6.08. The van der Waals surface area contributed by atoms with Gasteiger partial charge in [0.05, 0.1) is 5.69 Å². The summed E-state index contributed by atoms with van der Waals surface area (Å²) in [5, 5.41) is 0.433. The number of carbonyl (C=O) groups excluding carboxylic acids is 1. The number of halogens is 2. The zero-order valence-corrected chi connectivity index (χ0v) is 13.8. The number of rotatable bonds is 3. The van der Waals surface area contributed by atoms with Gasteiger partial charge in [0, 0.05) is 19.0 Å². The van der Waals surface area contributed by atoms with Gasteiger partial charge in [-0.3, -0.25) is 0 Å². The summed E-state index contributed by atoms with van der Waals surface area (Å²) in [4.78, 5) is 21.9. The molecule has 7 heteroatoms. The van der Waals surface area contributed by atoms with Crippen LogP contribution in [0.15, 0.2) is 36.4 Å². The van der Waals surface area contributed by atoms with Crippen LogP contribution in [0.4, 0.5) is 4.79 Å². The van der Waals surface area contributed by atoms with Crippen LogP contribution in [0.3, 0.4) is 0 Å². The Balaban J connectivity index is 1.57. The number of nitrogens with zero attached hydrogens (tertiary/aromatic N) is 3. The van der Waals surface area contributed by atoms with E-state index in [1.165, 1.54) is 0 Å². The van der Waals surface area contributed by atoms with E-state index in [0.29, 0.717) is 18.2 Å². The van der Waals surface area contributed by atoms with E-state index in [0.717, 1.165) is 17.7 Å². The van der Waals surface area contributed by atoms with Crippen molar-refractivity contribution < 1.29 is 9.53 Å². The van der Waals surface area contributed by atoms with Crippen molar-refractivity contribution in [3.63, 3.8) is 0 Å². The molecule has 0 spiro atoms. The third-order valence-electron chi connectivity index (χ3n) is 3.76. The molecule has 0 radical (unpaired) electrons. The average Bonchev–Trinajstić information content (AvgIpc) is 3.03. The SMILES string of the molecule is O=C(OCc1ccccc1)N1CC[C@H](c2cc(Cl)nc(Cl)n2)C1. The van der Waals surface area contributed by atoms with E-state index in [2.05, 4.69) is 9.97 Å². The molecular formula is C16H15Cl2N3O2. The summed E-state index contributed by atoms with van der Waals surface area (Å²) in [7, 11) is 0. The molecule has 1 aromatic carbocycles. The molecule has 0 unspecified atom stereocenters. The largest absolute Gasteiger partial charge is 0.445 e. The summed E-state index contributed by atoms with van der Waals surface area (Å²) < 4.78 is 5.35. The first-order valence-electron chi connectivity index (χ1n) is 7.27. The maximum Gasteiger partial charge on any atom is 0.410 e. The summed E-state index contributed by atoms with van der Waals surface area (Å²) in [6, 6.07) is 11.3. The van der Waals surface area contributed by atoms with Crippen LogP contribution in [0.5, 0.6) is 0 Å². The lowest BCUT2D eigenvalue weighted by atomic mass is 10.1. The number of ether oxygens (including phenoxy) is 1. The Morgan fingerprint density at radius 2 is 2.04 bits per heavy atom. The van der Waals surface area contributed by atoms with Gasteiger partial charge in [-0.2, -0.15) is 0 Å². The van der Waals surface area contributed by atoms with Gasteiger partial charge in [0.25, 0.3) is 0 Å². The van der Waals surface area contributed by atoms with Gasteiger partial charge in [-0.15, -0.1) is 0 Å². The Kier molecular flexibility index (Phi) is 4.98. The van der Waals surface area contributed by atoms with Crippen LogP contribution < -0.4 is 0 Å². The van der Waals surface area contributed by atoms with Gasteiger partial charge in [0.1, 0.15) is 11.8 Å². The molecule has 1 saturated heterocycles. The van der Waals surface area contributed by atoms with Gasteiger partial charge in [-0.25, -0.2) is 14.8 Å². The predicted octanol–water partition coefficient (Wildman–Crippen LogP) is 3.91. The van der Waals surface area contributed by atoms with Crippen molar-refractivity contribution >= 4 is 29.3 Å². The fourth-order valence-corrected chi connectivity index (χ4v) is 3.02. The lowest BCUT2D eigenvalue weighted by Crippen LogP contribution is -2.29. The van der Waals surface area contributed by atoms with Gasteiger partial charge < -0.3 is 9.64 Å². The van der Waals surface area contributed by atoms with Crippen LogP contribution in [0.25, 0.3) is 0 Å². The standard InChI is InChI=1S/C16H15Cl2N3O2/c17-14-8-13(19-15(18)20-14)12-6-7-21(9-12)16(22)23-10-11-4-2-1-3-5-11/h1-5,8,12H,6-7,9-10H2/t12-/m0/s1. The molecule has 23 heavy (non-hydrogen) atoms. The number of hydrogen-bond donors (Lipinski definition) is 0. The van der Waals surface area contributed by atoms with Crippen molar-refractivity contribution in [3.05, 3.63) is 58.1 Å². The first-order valence-corrected chi connectivity index (χ1v) is 8.03. The molecule has 1 aliphatic rings. The highest BCUT2D eigenvalue weighted by atomic mass is 35.5. The monoisotopic (exact) mass is 351 g/mol. The van der Waals surface area contributed by atoms with Gasteiger partial charge >= 0.3 is 6.09 Å². The van der Waals surface area contributed by atoms with Gasteiger partial charge in [0.2, 0.25) is 5.28 Å². The Morgan fingerprint density at radius 3 is 2.78 bits per heavy atom. The lowest BCUT2D eigenvalue weighted by Gasteiger charge is -2.16. The molecule has 1 aliphatic heterocycles. The van der Waals surface area contributed by atoms with Gasteiger partial charge in [0.15, 0.2) is 0 Å². The van der Waals surface area contributed by atoms with Crippen molar-refractivity contribution in [1.82, 2.24) is 14.9 Å². The summed E-state index contributed by atoms with van der Waals surface area (Å²) >= 11 is 11.7. The Bertz CT molecular complexity index is 677. The summed E-state index contributed by atoms with van der Waals surface area (Å²) in [5.74, 6) is 0.0947. The average molecular weight is 352 g/mol. The van der Waals surface area contributed by atoms with E-state index in [1.807, 2.05) is 30.3 Å². The highest BCUT2D eigenvalue weighted by Crippen LogP contribution is 2.28. The number of aromatic nitrogens is 2. The van der Waals surface area contributed by atoms with Crippen LogP contribution in [0.1, 0.15) is 23.6 Å². The topological polar surface area (TPSA) is 55.3 Å². The molecule has 0 saturated carbocycles. The minimum atomic E-state index is -0.317. The van der Waals surface area contributed by atoms with E-state index < -0.39 is 0 Å². The Hall–Kier alpha value is -1.85. The molecule has 0 bridgehead atoms. The van der Waals surface area contributed by atoms with Crippen molar-refractivity contribution in [2.45, 2.75) is 18.9 Å². The molecule has 1 amide bonds. The first kappa shape index (κ1) is 16.0. The van der Waals surface area contributed by atoms with Crippen LogP contribution in [-0.2, 0) is 11.3 Å². The van der Waals surface area contributed by atoms with E-state index in [1.54, 1.807) is 11.0 Å². The zero-order chi connectivity index (χ0) is 16.2. The molecule has 0 aliphatic carbocycles. The van der Waals surface area contributed by atoms with Crippen LogP contribution in [0, 0.1) is 0 Å². The summed E-state index contributed by atoms with van der Waals surface area (Å²) in [5.41, 5.74) is 1.72. The number of benzene rings is 1. The number of amides is 1. The van der Waals surface area contributed by atoms with E-state index in [4.69, 9.17) is 27.9 Å². The lowest BCUT2D eigenvalue weighted by molar-refractivity contribution is 0.104. The third kappa shape index (κ3) is 4.12.